The lowest BCUT2D eigenvalue weighted by Gasteiger charge is -2.36. The van der Waals surface area contributed by atoms with E-state index in [1.807, 2.05) is 40.6 Å². The number of piperazine rings is 1. The first-order valence-electron chi connectivity index (χ1n) is 10.7. The number of carbonyl (C=O) groups excluding carboxylic acids is 2. The topological polar surface area (TPSA) is 55.9 Å². The highest BCUT2D eigenvalue weighted by Crippen LogP contribution is 2.26. The van der Waals surface area contributed by atoms with Gasteiger partial charge in [0.25, 0.3) is 5.91 Å². The summed E-state index contributed by atoms with van der Waals surface area (Å²) < 4.78 is 0. The van der Waals surface area contributed by atoms with E-state index in [-0.39, 0.29) is 17.9 Å². The molecule has 2 amide bonds. The van der Waals surface area contributed by atoms with Crippen LogP contribution in [0.3, 0.4) is 0 Å². The second kappa shape index (κ2) is 9.62. The molecule has 160 valence electrons. The fraction of sp³-hybridized carbons (Fsp3) is 0.478. The van der Waals surface area contributed by atoms with Crippen LogP contribution in [0.1, 0.15) is 28.1 Å². The highest BCUT2D eigenvalue weighted by Gasteiger charge is 2.26. The van der Waals surface area contributed by atoms with E-state index in [1.165, 1.54) is 0 Å². The number of carbonyl (C=O) groups is 2. The standard InChI is InChI=1S/C23H30N4O2S/c1-25-12-14-27(15-13-25)23(29)20-6-2-3-7-21(20)26-10-8-18(9-11-26)24-22(28)17-19-5-4-16-30-19/h2-7,16,18H,8-15,17H2,1H3,(H,24,28). The molecule has 7 heteroatoms. The molecular weight excluding hydrogens is 396 g/mol. The van der Waals surface area contributed by atoms with Crippen molar-refractivity contribution in [2.24, 2.45) is 0 Å². The summed E-state index contributed by atoms with van der Waals surface area (Å²) in [5.74, 6) is 0.228. The summed E-state index contributed by atoms with van der Waals surface area (Å²) in [4.78, 5) is 33.1. The van der Waals surface area contributed by atoms with Gasteiger partial charge in [-0.15, -0.1) is 11.3 Å². The van der Waals surface area contributed by atoms with Crippen LogP contribution in [0.25, 0.3) is 0 Å². The first-order chi connectivity index (χ1) is 14.6. The fourth-order valence-electron chi connectivity index (χ4n) is 4.22. The first kappa shape index (κ1) is 20.9. The number of para-hydroxylation sites is 1. The molecule has 2 fully saturated rings. The third kappa shape index (κ3) is 5.02. The van der Waals surface area contributed by atoms with Gasteiger partial charge >= 0.3 is 0 Å². The van der Waals surface area contributed by atoms with Crippen molar-refractivity contribution in [1.29, 1.82) is 0 Å². The van der Waals surface area contributed by atoms with Crippen LogP contribution in [0, 0.1) is 0 Å². The number of likely N-dealkylation sites (N-methyl/N-ethyl adjacent to an activating group) is 1. The van der Waals surface area contributed by atoms with Gasteiger partial charge in [-0.05, 0) is 43.5 Å². The molecule has 4 rings (SSSR count). The van der Waals surface area contributed by atoms with Crippen LogP contribution in [0.5, 0.6) is 0 Å². The lowest BCUT2D eigenvalue weighted by Crippen LogP contribution is -2.48. The van der Waals surface area contributed by atoms with Gasteiger partial charge < -0.3 is 20.0 Å². The van der Waals surface area contributed by atoms with Gasteiger partial charge in [-0.1, -0.05) is 18.2 Å². The van der Waals surface area contributed by atoms with E-state index in [9.17, 15) is 9.59 Å². The predicted molar refractivity (Wildman–Crippen MR) is 121 cm³/mol. The lowest BCUT2D eigenvalue weighted by molar-refractivity contribution is -0.121. The second-order valence-corrected chi connectivity index (χ2v) is 9.23. The fourth-order valence-corrected chi connectivity index (χ4v) is 4.93. The molecule has 3 heterocycles. The molecule has 6 nitrogen and oxygen atoms in total. The van der Waals surface area contributed by atoms with Crippen molar-refractivity contribution >= 4 is 28.8 Å². The Morgan fingerprint density at radius 2 is 1.73 bits per heavy atom. The molecule has 30 heavy (non-hydrogen) atoms. The molecule has 0 atom stereocenters. The number of nitrogens with zero attached hydrogens (tertiary/aromatic N) is 3. The Hall–Kier alpha value is -2.38. The molecule has 1 N–H and O–H groups in total. The van der Waals surface area contributed by atoms with E-state index in [1.54, 1.807) is 11.3 Å². The molecule has 2 aromatic rings. The average Bonchev–Trinajstić information content (AvgIpc) is 3.27. The van der Waals surface area contributed by atoms with Crippen molar-refractivity contribution < 1.29 is 9.59 Å². The van der Waals surface area contributed by atoms with Gasteiger partial charge in [0.1, 0.15) is 0 Å². The zero-order valence-corrected chi connectivity index (χ0v) is 18.4. The van der Waals surface area contributed by atoms with Gasteiger partial charge in [0.15, 0.2) is 0 Å². The molecule has 0 spiro atoms. The number of piperidine rings is 1. The van der Waals surface area contributed by atoms with Gasteiger partial charge in [-0.25, -0.2) is 0 Å². The van der Waals surface area contributed by atoms with Crippen LogP contribution in [0.4, 0.5) is 5.69 Å². The Balaban J connectivity index is 1.34. The molecule has 1 aromatic heterocycles. The third-order valence-corrected chi connectivity index (χ3v) is 6.92. The quantitative estimate of drug-likeness (QED) is 0.798. The summed E-state index contributed by atoms with van der Waals surface area (Å²) in [5.41, 5.74) is 1.81. The minimum absolute atomic E-state index is 0.0987. The Morgan fingerprint density at radius 3 is 2.43 bits per heavy atom. The van der Waals surface area contributed by atoms with Gasteiger partial charge in [-0.3, -0.25) is 9.59 Å². The van der Waals surface area contributed by atoms with E-state index in [0.717, 1.165) is 68.2 Å². The number of hydrogen-bond acceptors (Lipinski definition) is 5. The highest BCUT2D eigenvalue weighted by molar-refractivity contribution is 7.10. The van der Waals surface area contributed by atoms with Crippen molar-refractivity contribution in [3.05, 3.63) is 52.2 Å². The Bertz CT molecular complexity index is 854. The van der Waals surface area contributed by atoms with E-state index >= 15 is 0 Å². The highest BCUT2D eigenvalue weighted by atomic mass is 32.1. The van der Waals surface area contributed by atoms with E-state index in [2.05, 4.69) is 28.2 Å². The van der Waals surface area contributed by atoms with Crippen LogP contribution in [0.2, 0.25) is 0 Å². The summed E-state index contributed by atoms with van der Waals surface area (Å²) in [6, 6.07) is 12.1. The summed E-state index contributed by atoms with van der Waals surface area (Å²) in [7, 11) is 2.10. The summed E-state index contributed by atoms with van der Waals surface area (Å²) in [5, 5.41) is 5.19. The maximum Gasteiger partial charge on any atom is 0.256 e. The predicted octanol–water partition coefficient (Wildman–Crippen LogP) is 2.46. The minimum atomic E-state index is 0.0987. The van der Waals surface area contributed by atoms with Gasteiger partial charge in [0.05, 0.1) is 12.0 Å². The van der Waals surface area contributed by atoms with Crippen LogP contribution >= 0.6 is 11.3 Å². The van der Waals surface area contributed by atoms with E-state index in [0.29, 0.717) is 6.42 Å². The smallest absolute Gasteiger partial charge is 0.256 e. The van der Waals surface area contributed by atoms with Gasteiger partial charge in [-0.2, -0.15) is 0 Å². The Morgan fingerprint density at radius 1 is 1.00 bits per heavy atom. The summed E-state index contributed by atoms with van der Waals surface area (Å²) in [6.45, 7) is 5.09. The van der Waals surface area contributed by atoms with E-state index in [4.69, 9.17) is 0 Å². The Labute approximate surface area is 182 Å². The molecule has 0 radical (unpaired) electrons. The van der Waals surface area contributed by atoms with E-state index < -0.39 is 0 Å². The summed E-state index contributed by atoms with van der Waals surface area (Å²) in [6.07, 6.45) is 2.25. The zero-order valence-electron chi connectivity index (χ0n) is 17.5. The van der Waals surface area contributed by atoms with Crippen molar-refractivity contribution in [2.45, 2.75) is 25.3 Å². The van der Waals surface area contributed by atoms with Crippen LogP contribution in [-0.2, 0) is 11.2 Å². The second-order valence-electron chi connectivity index (χ2n) is 8.20. The third-order valence-electron chi connectivity index (χ3n) is 6.04. The largest absolute Gasteiger partial charge is 0.371 e. The average molecular weight is 427 g/mol. The monoisotopic (exact) mass is 426 g/mol. The number of thiophene rings is 1. The number of amides is 2. The molecule has 0 aliphatic carbocycles. The molecule has 0 unspecified atom stereocenters. The van der Waals surface area contributed by atoms with Gasteiger partial charge in [0.2, 0.25) is 5.91 Å². The SMILES string of the molecule is CN1CCN(C(=O)c2ccccc2N2CCC(NC(=O)Cc3cccs3)CC2)CC1. The van der Waals surface area contributed by atoms with Crippen LogP contribution in [-0.4, -0.2) is 74.0 Å². The van der Waals surface area contributed by atoms with Crippen molar-refractivity contribution in [1.82, 2.24) is 15.1 Å². The number of rotatable bonds is 5. The molecular formula is C23H30N4O2S. The molecule has 2 saturated heterocycles. The number of nitrogens with one attached hydrogen (secondary N) is 1. The summed E-state index contributed by atoms with van der Waals surface area (Å²) >= 11 is 1.62. The number of anilines is 1. The molecule has 0 saturated carbocycles. The van der Waals surface area contributed by atoms with Crippen molar-refractivity contribution in [3.63, 3.8) is 0 Å². The normalized spacial score (nSPS) is 18.4. The zero-order chi connectivity index (χ0) is 20.9. The molecule has 2 aliphatic heterocycles. The maximum atomic E-state index is 13.2. The maximum absolute atomic E-state index is 13.2. The van der Waals surface area contributed by atoms with Crippen molar-refractivity contribution in [2.75, 3.05) is 51.2 Å². The molecule has 1 aromatic carbocycles. The molecule has 0 bridgehead atoms. The lowest BCUT2D eigenvalue weighted by atomic mass is 10.0. The van der Waals surface area contributed by atoms with Crippen LogP contribution in [0.15, 0.2) is 41.8 Å². The number of benzene rings is 1. The first-order valence-corrected chi connectivity index (χ1v) is 11.6. The van der Waals surface area contributed by atoms with Gasteiger partial charge in [0, 0.05) is 55.9 Å². The molecule has 2 aliphatic rings. The number of hydrogen-bond donors (Lipinski definition) is 1. The van der Waals surface area contributed by atoms with Crippen LogP contribution < -0.4 is 10.2 Å². The van der Waals surface area contributed by atoms with Crippen molar-refractivity contribution in [3.8, 4) is 0 Å². The minimum Gasteiger partial charge on any atom is -0.371 e. The Kier molecular flexibility index (Phi) is 6.69.